The van der Waals surface area contributed by atoms with Gasteiger partial charge in [-0.1, -0.05) is 35.2 Å². The third-order valence-corrected chi connectivity index (χ3v) is 6.39. The minimum Gasteiger partial charge on any atom is -0.444 e. The van der Waals surface area contributed by atoms with Gasteiger partial charge in [-0.25, -0.2) is 4.79 Å². The molecule has 2 aromatic heterocycles. The lowest BCUT2D eigenvalue weighted by atomic mass is 10.2. The molecule has 2 N–H and O–H groups in total. The highest BCUT2D eigenvalue weighted by molar-refractivity contribution is 8.00. The summed E-state index contributed by atoms with van der Waals surface area (Å²) < 4.78 is 6.01. The Balaban J connectivity index is 1.57. The fourth-order valence-corrected chi connectivity index (χ4v) is 4.70. The summed E-state index contributed by atoms with van der Waals surface area (Å²) in [4.78, 5) is 25.7. The van der Waals surface area contributed by atoms with Crippen molar-refractivity contribution in [2.45, 2.75) is 36.5 Å². The molecule has 152 valence electrons. The summed E-state index contributed by atoms with van der Waals surface area (Å²) in [6, 6.07) is 10.7. The molecule has 0 radical (unpaired) electrons. The zero-order valence-electron chi connectivity index (χ0n) is 16.1. The Kier molecular flexibility index (Phi) is 6.88. The average Bonchev–Trinajstić information content (AvgIpc) is 3.30. The molecular formula is C19H20N4O3S3. The molecule has 0 saturated heterocycles. The Morgan fingerprint density at radius 3 is 2.69 bits per heavy atom. The second kappa shape index (κ2) is 9.38. The van der Waals surface area contributed by atoms with E-state index in [9.17, 15) is 9.59 Å². The number of rotatable bonds is 6. The van der Waals surface area contributed by atoms with Crippen LogP contribution in [-0.2, 0) is 10.5 Å². The largest absolute Gasteiger partial charge is 0.444 e. The van der Waals surface area contributed by atoms with E-state index >= 15 is 0 Å². The lowest BCUT2D eigenvalue weighted by Crippen LogP contribution is -2.27. The highest BCUT2D eigenvalue weighted by Gasteiger charge is 2.17. The molecular weight excluding hydrogens is 428 g/mol. The van der Waals surface area contributed by atoms with Gasteiger partial charge < -0.3 is 4.74 Å². The molecule has 1 aromatic carbocycles. The fourth-order valence-electron chi connectivity index (χ4n) is 2.18. The molecule has 2 heterocycles. The molecule has 0 fully saturated rings. The van der Waals surface area contributed by atoms with Gasteiger partial charge in [0.25, 0.3) is 5.91 Å². The number of thiophene rings is 1. The van der Waals surface area contributed by atoms with Gasteiger partial charge in [-0.15, -0.1) is 21.5 Å². The van der Waals surface area contributed by atoms with Crippen LogP contribution in [-0.4, -0.2) is 27.8 Å². The first-order chi connectivity index (χ1) is 13.8. The predicted octanol–water partition coefficient (Wildman–Crippen LogP) is 5.49. The van der Waals surface area contributed by atoms with E-state index in [0.717, 1.165) is 10.1 Å². The van der Waals surface area contributed by atoms with E-state index in [1.807, 2.05) is 11.4 Å². The molecule has 3 aromatic rings. The van der Waals surface area contributed by atoms with Crippen LogP contribution in [0.1, 0.15) is 36.0 Å². The van der Waals surface area contributed by atoms with E-state index in [2.05, 4.69) is 26.9 Å². The quantitative estimate of drug-likeness (QED) is 0.382. The van der Waals surface area contributed by atoms with Gasteiger partial charge >= 0.3 is 6.09 Å². The van der Waals surface area contributed by atoms with E-state index in [0.29, 0.717) is 16.4 Å². The zero-order chi connectivity index (χ0) is 20.9. The van der Waals surface area contributed by atoms with Gasteiger partial charge in [0.1, 0.15) is 5.60 Å². The van der Waals surface area contributed by atoms with Crippen LogP contribution in [0.4, 0.5) is 15.6 Å². The molecule has 0 bridgehead atoms. The molecule has 10 heteroatoms. The number of hydrogen-bond acceptors (Lipinski definition) is 8. The van der Waals surface area contributed by atoms with Gasteiger partial charge in [0.2, 0.25) is 5.13 Å². The van der Waals surface area contributed by atoms with E-state index < -0.39 is 11.7 Å². The fraction of sp³-hybridized carbons (Fsp3) is 0.263. The van der Waals surface area contributed by atoms with Crippen LogP contribution in [0.2, 0.25) is 0 Å². The van der Waals surface area contributed by atoms with Crippen LogP contribution in [0.3, 0.4) is 0 Å². The van der Waals surface area contributed by atoms with E-state index in [4.69, 9.17) is 4.74 Å². The van der Waals surface area contributed by atoms with Gasteiger partial charge in [-0.05, 0) is 50.4 Å². The normalized spacial score (nSPS) is 11.1. The van der Waals surface area contributed by atoms with Crippen LogP contribution >= 0.6 is 34.4 Å². The Morgan fingerprint density at radius 2 is 1.97 bits per heavy atom. The second-order valence-corrected chi connectivity index (χ2v) is 10.1. The minimum atomic E-state index is -0.601. The summed E-state index contributed by atoms with van der Waals surface area (Å²) in [5.41, 5.74) is 0.258. The van der Waals surface area contributed by atoms with Crippen LogP contribution in [0, 0.1) is 0 Å². The Morgan fingerprint density at radius 1 is 1.14 bits per heavy atom. The molecule has 2 amide bonds. The first-order valence-corrected chi connectivity index (χ1v) is 11.4. The van der Waals surface area contributed by atoms with Crippen LogP contribution in [0.5, 0.6) is 0 Å². The van der Waals surface area contributed by atoms with Crippen LogP contribution in [0.25, 0.3) is 0 Å². The number of hydrogen-bond donors (Lipinski definition) is 2. The summed E-state index contributed by atoms with van der Waals surface area (Å²) in [6.45, 7) is 5.35. The third-order valence-electron chi connectivity index (χ3n) is 3.31. The molecule has 3 rings (SSSR count). The molecule has 0 unspecified atom stereocenters. The lowest BCUT2D eigenvalue weighted by molar-refractivity contribution is 0.0635. The van der Waals surface area contributed by atoms with Crippen LogP contribution < -0.4 is 10.6 Å². The number of ether oxygens (including phenoxy) is 1. The maximum Gasteiger partial charge on any atom is 0.412 e. The number of carbonyl (C=O) groups is 2. The summed E-state index contributed by atoms with van der Waals surface area (Å²) in [5, 5.41) is 15.9. The summed E-state index contributed by atoms with van der Waals surface area (Å²) >= 11 is 4.59. The summed E-state index contributed by atoms with van der Waals surface area (Å²) in [7, 11) is 0. The number of carbonyl (C=O) groups excluding carboxylic acids is 2. The maximum absolute atomic E-state index is 12.5. The van der Waals surface area contributed by atoms with Crippen molar-refractivity contribution in [3.63, 3.8) is 0 Å². The first-order valence-electron chi connectivity index (χ1n) is 8.68. The molecule has 0 spiro atoms. The summed E-state index contributed by atoms with van der Waals surface area (Å²) in [5.74, 6) is 0.488. The minimum absolute atomic E-state index is 0.330. The van der Waals surface area contributed by atoms with E-state index in [1.54, 1.807) is 68.1 Å². The van der Waals surface area contributed by atoms with Crippen molar-refractivity contribution in [1.82, 2.24) is 10.2 Å². The van der Waals surface area contributed by atoms with Gasteiger partial charge in [-0.3, -0.25) is 15.4 Å². The number of amides is 2. The molecule has 0 saturated carbocycles. The highest BCUT2D eigenvalue weighted by atomic mass is 32.2. The lowest BCUT2D eigenvalue weighted by Gasteiger charge is -2.19. The topological polar surface area (TPSA) is 93.2 Å². The molecule has 0 aliphatic heterocycles. The number of nitrogens with one attached hydrogen (secondary N) is 2. The first kappa shape index (κ1) is 21.3. The van der Waals surface area contributed by atoms with Crippen molar-refractivity contribution in [3.05, 3.63) is 52.2 Å². The van der Waals surface area contributed by atoms with Crippen LogP contribution in [0.15, 0.2) is 46.1 Å². The van der Waals surface area contributed by atoms with Crippen molar-refractivity contribution < 1.29 is 14.3 Å². The van der Waals surface area contributed by atoms with Crippen molar-refractivity contribution in [2.75, 3.05) is 10.6 Å². The number of anilines is 2. The maximum atomic E-state index is 12.5. The molecule has 0 atom stereocenters. The van der Waals surface area contributed by atoms with Gasteiger partial charge in [0, 0.05) is 21.9 Å². The zero-order valence-corrected chi connectivity index (χ0v) is 18.5. The Labute approximate surface area is 180 Å². The molecule has 0 aliphatic rings. The summed E-state index contributed by atoms with van der Waals surface area (Å²) in [6.07, 6.45) is -0.577. The monoisotopic (exact) mass is 448 g/mol. The number of thioether (sulfide) groups is 1. The van der Waals surface area contributed by atoms with Crippen molar-refractivity contribution >= 4 is 57.3 Å². The number of benzene rings is 1. The molecule has 7 nitrogen and oxygen atoms in total. The highest BCUT2D eigenvalue weighted by Crippen LogP contribution is 2.29. The van der Waals surface area contributed by atoms with Gasteiger partial charge in [0.05, 0.1) is 0 Å². The van der Waals surface area contributed by atoms with Gasteiger partial charge in [-0.2, -0.15) is 0 Å². The standard InChI is InChI=1S/C19H20N4O3S3/c1-19(2,3)26-17(25)20-13-7-4-6-12(10-13)15(24)21-16-22-23-18(29-16)28-11-14-8-5-9-27-14/h4-10H,11H2,1-3H3,(H,20,25)(H,21,22,24). The van der Waals surface area contributed by atoms with E-state index in [-0.39, 0.29) is 5.91 Å². The Hall–Kier alpha value is -2.43. The van der Waals surface area contributed by atoms with Crippen molar-refractivity contribution in [1.29, 1.82) is 0 Å². The molecule has 29 heavy (non-hydrogen) atoms. The number of nitrogens with zero attached hydrogens (tertiary/aromatic N) is 2. The third kappa shape index (κ3) is 6.84. The Bertz CT molecular complexity index is 981. The molecule has 0 aliphatic carbocycles. The van der Waals surface area contributed by atoms with Crippen molar-refractivity contribution in [2.24, 2.45) is 0 Å². The number of aromatic nitrogens is 2. The van der Waals surface area contributed by atoms with E-state index in [1.165, 1.54) is 16.2 Å². The predicted molar refractivity (Wildman–Crippen MR) is 118 cm³/mol. The van der Waals surface area contributed by atoms with Gasteiger partial charge in [0.15, 0.2) is 4.34 Å². The smallest absolute Gasteiger partial charge is 0.412 e. The average molecular weight is 449 g/mol. The SMILES string of the molecule is CC(C)(C)OC(=O)Nc1cccc(C(=O)Nc2nnc(SCc3cccs3)s2)c1. The second-order valence-electron chi connectivity index (χ2n) is 6.90. The van der Waals surface area contributed by atoms with Crippen molar-refractivity contribution in [3.8, 4) is 0 Å².